The molecule has 0 unspecified atom stereocenters. The van der Waals surface area contributed by atoms with Crippen LogP contribution in [0.3, 0.4) is 0 Å². The molecule has 0 bridgehead atoms. The van der Waals surface area contributed by atoms with Gasteiger partial charge in [-0.15, -0.1) is 10.2 Å². The molecule has 96 valence electrons. The summed E-state index contributed by atoms with van der Waals surface area (Å²) in [5, 5.41) is 7.87. The Balaban J connectivity index is 2.66. The molecule has 1 rings (SSSR count). The van der Waals surface area contributed by atoms with E-state index in [1.807, 2.05) is 37.4 Å². The molecule has 0 spiro atoms. The first-order valence-corrected chi connectivity index (χ1v) is 5.75. The Bertz CT molecular complexity index is 374. The van der Waals surface area contributed by atoms with E-state index in [1.54, 1.807) is 18.3 Å². The second-order valence-corrected chi connectivity index (χ2v) is 4.37. The number of aromatic nitrogens is 3. The molecule has 1 aromatic heterocycles. The molecule has 0 saturated heterocycles. The summed E-state index contributed by atoms with van der Waals surface area (Å²) in [5.41, 5.74) is 0. The number of amides is 1. The molecule has 0 aliphatic heterocycles. The highest BCUT2D eigenvalue weighted by atomic mass is 16.2. The monoisotopic (exact) mass is 239 g/mol. The van der Waals surface area contributed by atoms with Gasteiger partial charge in [-0.25, -0.2) is 0 Å². The van der Waals surface area contributed by atoms with Crippen LogP contribution in [0.5, 0.6) is 0 Å². The van der Waals surface area contributed by atoms with Gasteiger partial charge >= 0.3 is 0 Å². The third-order valence-corrected chi connectivity index (χ3v) is 2.92. The van der Waals surface area contributed by atoms with Gasteiger partial charge in [-0.1, -0.05) is 0 Å². The number of rotatable bonds is 5. The molecular weight excluding hydrogens is 218 g/mol. The molecule has 0 radical (unpaired) electrons. The van der Waals surface area contributed by atoms with Crippen molar-refractivity contribution in [2.75, 3.05) is 21.1 Å². The van der Waals surface area contributed by atoms with Gasteiger partial charge in [-0.3, -0.25) is 9.69 Å². The van der Waals surface area contributed by atoms with Crippen LogP contribution in [0.2, 0.25) is 0 Å². The summed E-state index contributed by atoms with van der Waals surface area (Å²) >= 11 is 0. The molecule has 1 atom stereocenters. The van der Waals surface area contributed by atoms with E-state index in [0.29, 0.717) is 6.54 Å². The van der Waals surface area contributed by atoms with Crippen molar-refractivity contribution in [3.8, 4) is 0 Å². The maximum absolute atomic E-state index is 12.0. The fourth-order valence-electron chi connectivity index (χ4n) is 1.50. The van der Waals surface area contributed by atoms with Crippen molar-refractivity contribution in [1.82, 2.24) is 24.6 Å². The van der Waals surface area contributed by atoms with Crippen molar-refractivity contribution < 1.29 is 4.79 Å². The summed E-state index contributed by atoms with van der Waals surface area (Å²) in [7, 11) is 5.58. The molecule has 0 saturated carbocycles. The third kappa shape index (κ3) is 3.26. The average Bonchev–Trinajstić information content (AvgIpc) is 2.73. The van der Waals surface area contributed by atoms with Crippen molar-refractivity contribution in [3.05, 3.63) is 12.2 Å². The van der Waals surface area contributed by atoms with Gasteiger partial charge in [0.25, 0.3) is 0 Å². The van der Waals surface area contributed by atoms with E-state index in [0.717, 1.165) is 12.4 Å². The highest BCUT2D eigenvalue weighted by Gasteiger charge is 2.20. The Morgan fingerprint density at radius 2 is 2.12 bits per heavy atom. The highest BCUT2D eigenvalue weighted by molar-refractivity contribution is 5.81. The van der Waals surface area contributed by atoms with Crippen molar-refractivity contribution in [1.29, 1.82) is 0 Å². The van der Waals surface area contributed by atoms with Gasteiger partial charge in [0.15, 0.2) is 5.82 Å². The Morgan fingerprint density at radius 1 is 1.47 bits per heavy atom. The standard InChI is InChI=1S/C11H21N5O/c1-6-16-8-12-13-10(16)7-15(5)11(17)9(2)14(3)4/h8-9H,6-7H2,1-5H3/t9-/m0/s1. The van der Waals surface area contributed by atoms with E-state index >= 15 is 0 Å². The van der Waals surface area contributed by atoms with Crippen molar-refractivity contribution in [2.45, 2.75) is 33.0 Å². The van der Waals surface area contributed by atoms with Crippen LogP contribution in [0.1, 0.15) is 19.7 Å². The minimum atomic E-state index is -0.127. The van der Waals surface area contributed by atoms with Crippen LogP contribution >= 0.6 is 0 Å². The van der Waals surface area contributed by atoms with Crippen LogP contribution in [0.4, 0.5) is 0 Å². The zero-order valence-electron chi connectivity index (χ0n) is 11.2. The molecule has 0 N–H and O–H groups in total. The predicted molar refractivity (Wildman–Crippen MR) is 65.3 cm³/mol. The Hall–Kier alpha value is -1.43. The first-order valence-electron chi connectivity index (χ1n) is 5.75. The molecule has 1 amide bonds. The average molecular weight is 239 g/mol. The zero-order chi connectivity index (χ0) is 13.0. The van der Waals surface area contributed by atoms with Crippen LogP contribution in [-0.4, -0.2) is 57.7 Å². The van der Waals surface area contributed by atoms with Gasteiger partial charge in [0.2, 0.25) is 5.91 Å². The number of aryl methyl sites for hydroxylation is 1. The van der Waals surface area contributed by atoms with Crippen LogP contribution in [0.25, 0.3) is 0 Å². The topological polar surface area (TPSA) is 54.3 Å². The normalized spacial score (nSPS) is 12.8. The second kappa shape index (κ2) is 5.77. The largest absolute Gasteiger partial charge is 0.337 e. The molecule has 6 nitrogen and oxygen atoms in total. The SMILES string of the molecule is CCn1cnnc1CN(C)C(=O)[C@H](C)N(C)C. The van der Waals surface area contributed by atoms with E-state index in [-0.39, 0.29) is 11.9 Å². The number of hydrogen-bond donors (Lipinski definition) is 0. The minimum absolute atomic E-state index is 0.0839. The number of carbonyl (C=O) groups is 1. The second-order valence-electron chi connectivity index (χ2n) is 4.37. The summed E-state index contributed by atoms with van der Waals surface area (Å²) in [6.07, 6.45) is 1.68. The summed E-state index contributed by atoms with van der Waals surface area (Å²) in [6, 6.07) is -0.127. The van der Waals surface area contributed by atoms with Gasteiger partial charge in [0.1, 0.15) is 6.33 Å². The number of carbonyl (C=O) groups excluding carboxylic acids is 1. The summed E-state index contributed by atoms with van der Waals surface area (Å²) in [6.45, 7) is 5.22. The van der Waals surface area contributed by atoms with E-state index in [1.165, 1.54) is 0 Å². The molecule has 1 aromatic rings. The van der Waals surface area contributed by atoms with E-state index in [4.69, 9.17) is 0 Å². The lowest BCUT2D eigenvalue weighted by Gasteiger charge is -2.25. The fraction of sp³-hybridized carbons (Fsp3) is 0.727. The molecule has 0 aliphatic carbocycles. The number of hydrogen-bond acceptors (Lipinski definition) is 4. The molecule has 1 heterocycles. The van der Waals surface area contributed by atoms with Gasteiger partial charge in [-0.05, 0) is 27.9 Å². The summed E-state index contributed by atoms with van der Waals surface area (Å²) in [5.74, 6) is 0.898. The Labute approximate surface area is 102 Å². The zero-order valence-corrected chi connectivity index (χ0v) is 11.2. The van der Waals surface area contributed by atoms with Crippen LogP contribution in [-0.2, 0) is 17.9 Å². The van der Waals surface area contributed by atoms with Crippen molar-refractivity contribution >= 4 is 5.91 Å². The number of nitrogens with zero attached hydrogens (tertiary/aromatic N) is 5. The Kier molecular flexibility index (Phi) is 4.62. The van der Waals surface area contributed by atoms with Crippen LogP contribution in [0, 0.1) is 0 Å². The predicted octanol–water partition coefficient (Wildman–Crippen LogP) is 0.207. The third-order valence-electron chi connectivity index (χ3n) is 2.92. The van der Waals surface area contributed by atoms with Gasteiger partial charge in [0.05, 0.1) is 12.6 Å². The lowest BCUT2D eigenvalue weighted by atomic mass is 10.2. The lowest BCUT2D eigenvalue weighted by molar-refractivity contribution is -0.134. The van der Waals surface area contributed by atoms with Crippen LogP contribution in [0.15, 0.2) is 6.33 Å². The number of likely N-dealkylation sites (N-methyl/N-ethyl adjacent to an activating group) is 2. The molecular formula is C11H21N5O. The van der Waals surface area contributed by atoms with E-state index in [9.17, 15) is 4.79 Å². The molecule has 6 heteroatoms. The maximum Gasteiger partial charge on any atom is 0.239 e. The van der Waals surface area contributed by atoms with Crippen molar-refractivity contribution in [3.63, 3.8) is 0 Å². The summed E-state index contributed by atoms with van der Waals surface area (Å²) < 4.78 is 1.93. The molecule has 0 aromatic carbocycles. The quantitative estimate of drug-likeness (QED) is 0.737. The van der Waals surface area contributed by atoms with Gasteiger partial charge in [-0.2, -0.15) is 0 Å². The van der Waals surface area contributed by atoms with E-state index in [2.05, 4.69) is 10.2 Å². The molecule has 17 heavy (non-hydrogen) atoms. The minimum Gasteiger partial charge on any atom is -0.337 e. The summed E-state index contributed by atoms with van der Waals surface area (Å²) in [4.78, 5) is 15.6. The van der Waals surface area contributed by atoms with E-state index < -0.39 is 0 Å². The van der Waals surface area contributed by atoms with Crippen molar-refractivity contribution in [2.24, 2.45) is 0 Å². The first kappa shape index (κ1) is 13.6. The lowest BCUT2D eigenvalue weighted by Crippen LogP contribution is -2.42. The molecule has 0 fully saturated rings. The highest BCUT2D eigenvalue weighted by Crippen LogP contribution is 2.04. The fourth-order valence-corrected chi connectivity index (χ4v) is 1.50. The van der Waals surface area contributed by atoms with Gasteiger partial charge in [0, 0.05) is 13.6 Å². The smallest absolute Gasteiger partial charge is 0.239 e. The Morgan fingerprint density at radius 3 is 2.65 bits per heavy atom. The maximum atomic E-state index is 12.0. The first-order chi connectivity index (χ1) is 7.97. The van der Waals surface area contributed by atoms with Crippen LogP contribution < -0.4 is 0 Å². The molecule has 0 aliphatic rings. The van der Waals surface area contributed by atoms with Gasteiger partial charge < -0.3 is 9.47 Å².